The Hall–Kier alpha value is -2.98. The highest BCUT2D eigenvalue weighted by molar-refractivity contribution is 6.00. The van der Waals surface area contributed by atoms with E-state index in [0.29, 0.717) is 6.07 Å². The second-order valence-corrected chi connectivity index (χ2v) is 7.44. The van der Waals surface area contributed by atoms with Gasteiger partial charge in [-0.2, -0.15) is 0 Å². The monoisotopic (exact) mass is 425 g/mol. The Morgan fingerprint density at radius 3 is 2.80 bits per heavy atom. The number of carbonyl (C=O) groups excluding carboxylic acids is 2. The van der Waals surface area contributed by atoms with E-state index in [1.54, 1.807) is 0 Å². The number of nitrogens with one attached hydrogen (secondary N) is 2. The van der Waals surface area contributed by atoms with Crippen LogP contribution in [0.5, 0.6) is 0 Å². The molecule has 2 aliphatic heterocycles. The zero-order chi connectivity index (χ0) is 21.6. The number of rotatable bonds is 4. The van der Waals surface area contributed by atoms with Crippen LogP contribution in [-0.2, 0) is 17.6 Å². The summed E-state index contributed by atoms with van der Waals surface area (Å²) in [6, 6.07) is -0.422. The van der Waals surface area contributed by atoms with Crippen LogP contribution < -0.4 is 10.6 Å². The van der Waals surface area contributed by atoms with Gasteiger partial charge in [0, 0.05) is 18.9 Å². The Morgan fingerprint density at radius 2 is 2.07 bits per heavy atom. The maximum absolute atomic E-state index is 14.1. The molecule has 2 aliphatic rings. The summed E-state index contributed by atoms with van der Waals surface area (Å²) in [4.78, 5) is 29.0. The van der Waals surface area contributed by atoms with E-state index in [1.807, 2.05) is 0 Å². The first-order valence-electron chi connectivity index (χ1n) is 9.62. The van der Waals surface area contributed by atoms with E-state index < -0.39 is 41.5 Å². The summed E-state index contributed by atoms with van der Waals surface area (Å²) in [5.41, 5.74) is 0.156. The van der Waals surface area contributed by atoms with Crippen LogP contribution >= 0.6 is 0 Å². The average molecular weight is 425 g/mol. The molecule has 160 valence electrons. The molecule has 1 aromatic carbocycles. The van der Waals surface area contributed by atoms with Crippen LogP contribution in [0.15, 0.2) is 12.1 Å². The molecule has 0 saturated heterocycles. The van der Waals surface area contributed by atoms with E-state index in [0.717, 1.165) is 10.7 Å². The van der Waals surface area contributed by atoms with Crippen LogP contribution in [0.2, 0.25) is 0 Å². The third-order valence-electron chi connectivity index (χ3n) is 5.51. The number of aryl methyl sites for hydroxylation is 2. The van der Waals surface area contributed by atoms with Gasteiger partial charge in [0.1, 0.15) is 29.5 Å². The first-order chi connectivity index (χ1) is 14.2. The summed E-state index contributed by atoms with van der Waals surface area (Å²) in [6.45, 7) is 1.37. The minimum absolute atomic E-state index is 0.0948. The molecule has 0 aliphatic carbocycles. The molecule has 0 bridgehead atoms. The van der Waals surface area contributed by atoms with E-state index in [4.69, 9.17) is 0 Å². The average Bonchev–Trinajstić information content (AvgIpc) is 3.23. The highest BCUT2D eigenvalue weighted by Crippen LogP contribution is 2.39. The van der Waals surface area contributed by atoms with Gasteiger partial charge in [0.25, 0.3) is 11.8 Å². The van der Waals surface area contributed by atoms with Gasteiger partial charge in [0.05, 0.1) is 5.69 Å². The quantitative estimate of drug-likeness (QED) is 0.738. The van der Waals surface area contributed by atoms with Crippen LogP contribution in [0.4, 0.5) is 23.2 Å². The fourth-order valence-corrected chi connectivity index (χ4v) is 3.85. The van der Waals surface area contributed by atoms with Crippen molar-refractivity contribution < 1.29 is 27.2 Å². The molecule has 2 aromatic rings. The van der Waals surface area contributed by atoms with Gasteiger partial charge in [-0.15, -0.1) is 5.10 Å². The molecule has 0 saturated carbocycles. The van der Waals surface area contributed by atoms with Crippen LogP contribution in [-0.4, -0.2) is 38.5 Å². The van der Waals surface area contributed by atoms with Crippen molar-refractivity contribution in [3.05, 3.63) is 41.0 Å². The van der Waals surface area contributed by atoms with Crippen LogP contribution in [0.3, 0.4) is 0 Å². The van der Waals surface area contributed by atoms with Crippen molar-refractivity contribution >= 4 is 17.5 Å². The van der Waals surface area contributed by atoms with Crippen molar-refractivity contribution in [2.75, 3.05) is 5.32 Å². The number of hydrogen-bond donors (Lipinski definition) is 2. The largest absolute Gasteiger partial charge is 0.337 e. The Morgan fingerprint density at radius 1 is 1.30 bits per heavy atom. The fourth-order valence-electron chi connectivity index (χ4n) is 3.85. The number of carbonyl (C=O) groups is 2. The van der Waals surface area contributed by atoms with Gasteiger partial charge in [0.15, 0.2) is 0 Å². The van der Waals surface area contributed by atoms with Crippen molar-refractivity contribution in [2.24, 2.45) is 0 Å². The molecule has 2 amide bonds. The first-order valence-corrected chi connectivity index (χ1v) is 9.62. The molecule has 30 heavy (non-hydrogen) atoms. The molecular formula is C19H19F4N5O2. The zero-order valence-corrected chi connectivity index (χ0v) is 16.0. The molecule has 0 spiro atoms. The molecule has 3 heterocycles. The number of nitrogens with zero attached hydrogens (tertiary/aromatic N) is 3. The number of benzene rings is 1. The van der Waals surface area contributed by atoms with Crippen molar-refractivity contribution in [1.29, 1.82) is 0 Å². The van der Waals surface area contributed by atoms with Gasteiger partial charge in [0.2, 0.25) is 11.7 Å². The lowest BCUT2D eigenvalue weighted by Gasteiger charge is -2.22. The van der Waals surface area contributed by atoms with Gasteiger partial charge in [-0.05, 0) is 30.9 Å². The van der Waals surface area contributed by atoms with E-state index in [2.05, 4.69) is 20.7 Å². The van der Waals surface area contributed by atoms with Gasteiger partial charge < -0.3 is 10.6 Å². The first kappa shape index (κ1) is 20.3. The molecule has 7 nitrogen and oxygen atoms in total. The summed E-state index contributed by atoms with van der Waals surface area (Å²) in [6.07, 6.45) is 0.329. The van der Waals surface area contributed by atoms with Crippen molar-refractivity contribution in [3.8, 4) is 0 Å². The van der Waals surface area contributed by atoms with Gasteiger partial charge in [-0.1, -0.05) is 6.92 Å². The zero-order valence-electron chi connectivity index (χ0n) is 16.0. The molecule has 2 atom stereocenters. The number of alkyl halides is 2. The number of halogens is 4. The molecule has 4 rings (SSSR count). The van der Waals surface area contributed by atoms with Crippen molar-refractivity contribution in [2.45, 2.75) is 57.0 Å². The van der Waals surface area contributed by atoms with Gasteiger partial charge >= 0.3 is 0 Å². The third-order valence-corrected chi connectivity index (χ3v) is 5.51. The highest BCUT2D eigenvalue weighted by Gasteiger charge is 2.44. The van der Waals surface area contributed by atoms with Gasteiger partial charge in [-0.25, -0.2) is 27.2 Å². The molecule has 1 aromatic heterocycles. The molecule has 11 heteroatoms. The van der Waals surface area contributed by atoms with E-state index in [1.165, 1.54) is 6.92 Å². The number of anilines is 1. The van der Waals surface area contributed by atoms with Crippen molar-refractivity contribution in [3.63, 3.8) is 0 Å². The fraction of sp³-hybridized carbons (Fsp3) is 0.474. The second kappa shape index (κ2) is 7.37. The standard InChI is InChI=1S/C19H19F4N5O2/c1-2-19(22,23)13-5-6-14-25-16(27-28(13)14)18(30)24-12-4-3-9-7-10(20)8-11(21)15(9)26-17(12)29/h7-8,12-13H,2-6H2,1H3,(H,24,30)(H,26,29)/t12-,13?/m0/s1. The van der Waals surface area contributed by atoms with Crippen LogP contribution in [0, 0.1) is 11.6 Å². The lowest BCUT2D eigenvalue weighted by molar-refractivity contribution is -0.118. The van der Waals surface area contributed by atoms with E-state index in [-0.39, 0.29) is 55.0 Å². The summed E-state index contributed by atoms with van der Waals surface area (Å²) in [7, 11) is 0. The second-order valence-electron chi connectivity index (χ2n) is 7.44. The predicted molar refractivity (Wildman–Crippen MR) is 97.2 cm³/mol. The smallest absolute Gasteiger partial charge is 0.291 e. The number of fused-ring (bicyclic) bond motifs is 2. The maximum Gasteiger partial charge on any atom is 0.291 e. The normalized spacial score (nSPS) is 20.9. The summed E-state index contributed by atoms with van der Waals surface area (Å²) < 4.78 is 56.7. The molecule has 0 radical (unpaired) electrons. The third kappa shape index (κ3) is 3.52. The lowest BCUT2D eigenvalue weighted by Crippen LogP contribution is -2.43. The van der Waals surface area contributed by atoms with Gasteiger partial charge in [-0.3, -0.25) is 9.59 Å². The molecular weight excluding hydrogens is 406 g/mol. The number of amides is 2. The Kier molecular flexibility index (Phi) is 4.99. The molecule has 1 unspecified atom stereocenters. The Labute approximate surface area is 168 Å². The lowest BCUT2D eigenvalue weighted by atomic mass is 10.1. The van der Waals surface area contributed by atoms with Crippen molar-refractivity contribution in [1.82, 2.24) is 20.1 Å². The Bertz CT molecular complexity index is 1020. The topological polar surface area (TPSA) is 88.9 Å². The molecule has 0 fully saturated rings. The maximum atomic E-state index is 14.1. The minimum Gasteiger partial charge on any atom is -0.337 e. The van der Waals surface area contributed by atoms with Crippen LogP contribution in [0.1, 0.15) is 54.2 Å². The summed E-state index contributed by atoms with van der Waals surface area (Å²) in [5, 5.41) is 8.75. The minimum atomic E-state index is -2.97. The van der Waals surface area contributed by atoms with E-state index >= 15 is 0 Å². The molecule has 2 N–H and O–H groups in total. The number of hydrogen-bond acceptors (Lipinski definition) is 4. The summed E-state index contributed by atoms with van der Waals surface area (Å²) >= 11 is 0. The highest BCUT2D eigenvalue weighted by atomic mass is 19.3. The SMILES string of the molecule is CCC(F)(F)C1CCc2nc(C(=O)N[C@H]3CCc4cc(F)cc(F)c4NC3=O)nn21. The van der Waals surface area contributed by atoms with E-state index in [9.17, 15) is 27.2 Å². The Balaban J connectivity index is 1.50. The summed E-state index contributed by atoms with van der Waals surface area (Å²) in [5.74, 6) is -6.14. The number of aromatic nitrogens is 3. The predicted octanol–water partition coefficient (Wildman–Crippen LogP) is 2.77. The van der Waals surface area contributed by atoms with Crippen LogP contribution in [0.25, 0.3) is 0 Å².